The fourth-order valence-corrected chi connectivity index (χ4v) is 2.26. The van der Waals surface area contributed by atoms with E-state index >= 15 is 0 Å². The molecule has 0 saturated carbocycles. The van der Waals surface area contributed by atoms with Crippen molar-refractivity contribution in [1.82, 2.24) is 10.2 Å². The fraction of sp³-hybridized carbons (Fsp3) is 0.846. The summed E-state index contributed by atoms with van der Waals surface area (Å²) in [6.45, 7) is 7.74. The summed E-state index contributed by atoms with van der Waals surface area (Å²) in [6, 6.07) is -1.38. The van der Waals surface area contributed by atoms with Crippen molar-refractivity contribution >= 4 is 12.0 Å². The van der Waals surface area contributed by atoms with Crippen LogP contribution in [0.3, 0.4) is 0 Å². The summed E-state index contributed by atoms with van der Waals surface area (Å²) in [5, 5.41) is 21.7. The second kappa shape index (κ2) is 5.36. The van der Waals surface area contributed by atoms with E-state index in [-0.39, 0.29) is 6.54 Å². The molecule has 110 valence electrons. The number of carbonyl (C=O) groups is 2. The third kappa shape index (κ3) is 4.38. The normalized spacial score (nSPS) is 25.8. The monoisotopic (exact) mass is 272 g/mol. The molecule has 0 aromatic carbocycles. The first kappa shape index (κ1) is 15.8. The highest BCUT2D eigenvalue weighted by Crippen LogP contribution is 2.22. The molecule has 1 aliphatic heterocycles. The molecule has 1 aliphatic rings. The number of piperidine rings is 1. The van der Waals surface area contributed by atoms with Gasteiger partial charge < -0.3 is 20.4 Å². The van der Waals surface area contributed by atoms with Crippen molar-refractivity contribution in [3.8, 4) is 0 Å². The molecule has 2 amide bonds. The van der Waals surface area contributed by atoms with E-state index in [4.69, 9.17) is 0 Å². The molecular weight excluding hydrogens is 248 g/mol. The van der Waals surface area contributed by atoms with Crippen molar-refractivity contribution < 1.29 is 19.8 Å². The lowest BCUT2D eigenvalue weighted by Crippen LogP contribution is -2.57. The van der Waals surface area contributed by atoms with Crippen molar-refractivity contribution in [2.45, 2.75) is 52.2 Å². The summed E-state index contributed by atoms with van der Waals surface area (Å²) in [5.41, 5.74) is -1.46. The van der Waals surface area contributed by atoms with Gasteiger partial charge >= 0.3 is 12.0 Å². The SMILES string of the molecule is CC1(O)CCCN(C(=O)NC(C(=O)O)C(C)(C)C)C1. The summed E-state index contributed by atoms with van der Waals surface area (Å²) >= 11 is 0. The first-order valence-electron chi connectivity index (χ1n) is 6.53. The third-order valence-electron chi connectivity index (χ3n) is 3.34. The van der Waals surface area contributed by atoms with Gasteiger partial charge in [0.25, 0.3) is 0 Å². The molecule has 1 rings (SSSR count). The maximum Gasteiger partial charge on any atom is 0.326 e. The van der Waals surface area contributed by atoms with Crippen LogP contribution in [-0.2, 0) is 4.79 Å². The zero-order valence-corrected chi connectivity index (χ0v) is 12.1. The minimum Gasteiger partial charge on any atom is -0.480 e. The number of aliphatic carboxylic acids is 1. The quantitative estimate of drug-likeness (QED) is 0.700. The van der Waals surface area contributed by atoms with Crippen LogP contribution in [0, 0.1) is 5.41 Å². The largest absolute Gasteiger partial charge is 0.480 e. The topological polar surface area (TPSA) is 89.9 Å². The van der Waals surface area contributed by atoms with Crippen LogP contribution >= 0.6 is 0 Å². The van der Waals surface area contributed by atoms with Gasteiger partial charge in [0.2, 0.25) is 0 Å². The van der Waals surface area contributed by atoms with Gasteiger partial charge in [0.05, 0.1) is 12.1 Å². The molecule has 3 N–H and O–H groups in total. The zero-order chi connectivity index (χ0) is 14.8. The predicted molar refractivity (Wildman–Crippen MR) is 70.8 cm³/mol. The molecule has 0 spiro atoms. The molecule has 2 atom stereocenters. The lowest BCUT2D eigenvalue weighted by Gasteiger charge is -2.38. The molecule has 0 radical (unpaired) electrons. The lowest BCUT2D eigenvalue weighted by molar-refractivity contribution is -0.142. The Balaban J connectivity index is 2.70. The minimum atomic E-state index is -1.05. The fourth-order valence-electron chi connectivity index (χ4n) is 2.26. The Morgan fingerprint density at radius 2 is 1.95 bits per heavy atom. The van der Waals surface area contributed by atoms with E-state index in [0.717, 1.165) is 0 Å². The van der Waals surface area contributed by atoms with E-state index in [2.05, 4.69) is 5.32 Å². The predicted octanol–water partition coefficient (Wildman–Crippen LogP) is 1.04. The Labute approximate surface area is 113 Å². The smallest absolute Gasteiger partial charge is 0.326 e. The van der Waals surface area contributed by atoms with Crippen LogP contribution < -0.4 is 5.32 Å². The zero-order valence-electron chi connectivity index (χ0n) is 12.1. The van der Waals surface area contributed by atoms with E-state index in [9.17, 15) is 19.8 Å². The molecule has 1 fully saturated rings. The summed E-state index contributed by atoms with van der Waals surface area (Å²) in [5.74, 6) is -1.05. The van der Waals surface area contributed by atoms with Crippen molar-refractivity contribution in [2.75, 3.05) is 13.1 Å². The number of aliphatic hydroxyl groups is 1. The molecule has 6 heteroatoms. The van der Waals surface area contributed by atoms with Crippen LogP contribution in [0.15, 0.2) is 0 Å². The maximum atomic E-state index is 12.1. The second-order valence-corrected chi connectivity index (χ2v) is 6.61. The summed E-state index contributed by atoms with van der Waals surface area (Å²) in [6.07, 6.45) is 1.37. The highest BCUT2D eigenvalue weighted by molar-refractivity contribution is 5.83. The highest BCUT2D eigenvalue weighted by atomic mass is 16.4. The van der Waals surface area contributed by atoms with Crippen LogP contribution in [0.1, 0.15) is 40.5 Å². The first-order chi connectivity index (χ1) is 8.53. The van der Waals surface area contributed by atoms with E-state index in [0.29, 0.717) is 19.4 Å². The summed E-state index contributed by atoms with van der Waals surface area (Å²) in [4.78, 5) is 24.8. The van der Waals surface area contributed by atoms with Crippen LogP contribution in [0.5, 0.6) is 0 Å². The molecule has 2 unspecified atom stereocenters. The number of hydrogen-bond acceptors (Lipinski definition) is 3. The number of urea groups is 1. The van der Waals surface area contributed by atoms with Crippen molar-refractivity contribution in [2.24, 2.45) is 5.41 Å². The molecule has 1 heterocycles. The van der Waals surface area contributed by atoms with Crippen molar-refractivity contribution in [3.05, 3.63) is 0 Å². The van der Waals surface area contributed by atoms with Gasteiger partial charge in [-0.2, -0.15) is 0 Å². The number of rotatable bonds is 2. The molecule has 0 aromatic rings. The molecule has 0 aromatic heterocycles. The van der Waals surface area contributed by atoms with E-state index < -0.39 is 29.1 Å². The molecule has 6 nitrogen and oxygen atoms in total. The number of nitrogens with zero attached hydrogens (tertiary/aromatic N) is 1. The van der Waals surface area contributed by atoms with Crippen LogP contribution in [0.25, 0.3) is 0 Å². The lowest BCUT2D eigenvalue weighted by atomic mass is 9.87. The maximum absolute atomic E-state index is 12.1. The molecule has 0 bridgehead atoms. The van der Waals surface area contributed by atoms with Gasteiger partial charge in [-0.3, -0.25) is 0 Å². The van der Waals surface area contributed by atoms with Crippen LogP contribution in [0.4, 0.5) is 4.79 Å². The number of nitrogens with one attached hydrogen (secondary N) is 1. The Morgan fingerprint density at radius 1 is 1.37 bits per heavy atom. The Hall–Kier alpha value is -1.30. The van der Waals surface area contributed by atoms with Gasteiger partial charge in [-0.25, -0.2) is 9.59 Å². The average molecular weight is 272 g/mol. The molecule has 1 saturated heterocycles. The van der Waals surface area contributed by atoms with Gasteiger partial charge in [0.15, 0.2) is 0 Å². The third-order valence-corrected chi connectivity index (χ3v) is 3.34. The first-order valence-corrected chi connectivity index (χ1v) is 6.53. The Morgan fingerprint density at radius 3 is 2.37 bits per heavy atom. The van der Waals surface area contributed by atoms with E-state index in [1.807, 2.05) is 0 Å². The van der Waals surface area contributed by atoms with Crippen LogP contribution in [-0.4, -0.2) is 51.8 Å². The van der Waals surface area contributed by atoms with Gasteiger partial charge in [-0.1, -0.05) is 20.8 Å². The highest BCUT2D eigenvalue weighted by Gasteiger charge is 2.36. The molecular formula is C13H24N2O4. The number of hydrogen-bond donors (Lipinski definition) is 3. The van der Waals surface area contributed by atoms with Crippen LogP contribution in [0.2, 0.25) is 0 Å². The number of carbonyl (C=O) groups excluding carboxylic acids is 1. The Bertz CT molecular complexity index is 360. The number of carboxylic acids is 1. The number of likely N-dealkylation sites (tertiary alicyclic amines) is 1. The van der Waals surface area contributed by atoms with Gasteiger partial charge in [-0.05, 0) is 25.2 Å². The van der Waals surface area contributed by atoms with Gasteiger partial charge in [0, 0.05) is 6.54 Å². The molecule has 0 aliphatic carbocycles. The van der Waals surface area contributed by atoms with E-state index in [1.165, 1.54) is 4.90 Å². The minimum absolute atomic E-state index is 0.231. The number of β-amino-alcohol motifs (C(OH)–C–C–N with tert-alkyl or cyclic N) is 1. The summed E-state index contributed by atoms with van der Waals surface area (Å²) < 4.78 is 0. The van der Waals surface area contributed by atoms with Crippen molar-refractivity contribution in [1.29, 1.82) is 0 Å². The van der Waals surface area contributed by atoms with Gasteiger partial charge in [0.1, 0.15) is 6.04 Å². The van der Waals surface area contributed by atoms with Gasteiger partial charge in [-0.15, -0.1) is 0 Å². The van der Waals surface area contributed by atoms with E-state index in [1.54, 1.807) is 27.7 Å². The second-order valence-electron chi connectivity index (χ2n) is 6.61. The van der Waals surface area contributed by atoms with Crippen molar-refractivity contribution in [3.63, 3.8) is 0 Å². The molecule has 19 heavy (non-hydrogen) atoms. The standard InChI is InChI=1S/C13H24N2O4/c1-12(2,3)9(10(16)17)14-11(18)15-7-5-6-13(4,19)8-15/h9,19H,5-8H2,1-4H3,(H,14,18)(H,16,17). The average Bonchev–Trinajstić information content (AvgIpc) is 2.21. The Kier molecular flexibility index (Phi) is 4.45. The number of amides is 2. The number of carboxylic acid groups (broad SMARTS) is 1. The summed E-state index contributed by atoms with van der Waals surface area (Å²) in [7, 11) is 0.